The Morgan fingerprint density at radius 2 is 1.93 bits per heavy atom. The Labute approximate surface area is 165 Å². The second kappa shape index (κ2) is 7.55. The average molecular weight is 396 g/mol. The second-order valence-corrected chi connectivity index (χ2v) is 7.34. The summed E-state index contributed by atoms with van der Waals surface area (Å²) in [7, 11) is 0. The number of thioether (sulfide) groups is 1. The number of carbonyl (C=O) groups excluding carboxylic acids is 1. The van der Waals surface area contributed by atoms with Crippen LogP contribution in [0.25, 0.3) is 11.3 Å². The molecule has 1 aliphatic heterocycles. The molecule has 0 bridgehead atoms. The van der Waals surface area contributed by atoms with E-state index >= 15 is 0 Å². The van der Waals surface area contributed by atoms with E-state index in [4.69, 9.17) is 4.74 Å². The first-order valence-corrected chi connectivity index (χ1v) is 9.76. The predicted octanol–water partition coefficient (Wildman–Crippen LogP) is 4.23. The Morgan fingerprint density at radius 1 is 1.18 bits per heavy atom. The van der Waals surface area contributed by atoms with E-state index in [-0.39, 0.29) is 17.6 Å². The molecule has 0 saturated carbocycles. The number of fused-ring (bicyclic) bond motifs is 3. The lowest BCUT2D eigenvalue weighted by Crippen LogP contribution is -2.36. The first kappa shape index (κ1) is 18.4. The molecule has 0 radical (unpaired) electrons. The van der Waals surface area contributed by atoms with Crippen molar-refractivity contribution < 1.29 is 13.9 Å². The number of anilines is 1. The highest BCUT2D eigenvalue weighted by atomic mass is 32.2. The fourth-order valence-electron chi connectivity index (χ4n) is 3.09. The highest BCUT2D eigenvalue weighted by Gasteiger charge is 2.34. The van der Waals surface area contributed by atoms with Gasteiger partial charge in [-0.15, -0.1) is 10.2 Å². The molecule has 6 nitrogen and oxygen atoms in total. The molecule has 0 fully saturated rings. The van der Waals surface area contributed by atoms with E-state index in [9.17, 15) is 9.18 Å². The van der Waals surface area contributed by atoms with Crippen LogP contribution < -0.4 is 9.64 Å². The summed E-state index contributed by atoms with van der Waals surface area (Å²) < 4.78 is 19.6. The first-order valence-electron chi connectivity index (χ1n) is 8.77. The summed E-state index contributed by atoms with van der Waals surface area (Å²) >= 11 is 1.45. The Morgan fingerprint density at radius 3 is 2.64 bits per heavy atom. The van der Waals surface area contributed by atoms with Gasteiger partial charge in [-0.2, -0.15) is 4.98 Å². The molecule has 4 rings (SSSR count). The minimum absolute atomic E-state index is 0.217. The zero-order valence-electron chi connectivity index (χ0n) is 15.3. The zero-order valence-corrected chi connectivity index (χ0v) is 16.1. The van der Waals surface area contributed by atoms with Crippen LogP contribution in [0.15, 0.2) is 53.7 Å². The van der Waals surface area contributed by atoms with Crippen LogP contribution in [-0.2, 0) is 4.79 Å². The van der Waals surface area contributed by atoms with E-state index in [2.05, 4.69) is 15.2 Å². The largest absolute Gasteiger partial charge is 0.447 e. The lowest BCUT2D eigenvalue weighted by atomic mass is 10.1. The van der Waals surface area contributed by atoms with Crippen molar-refractivity contribution in [1.82, 2.24) is 15.2 Å². The van der Waals surface area contributed by atoms with Crippen molar-refractivity contribution in [1.29, 1.82) is 0 Å². The van der Waals surface area contributed by atoms with Crippen LogP contribution in [0.1, 0.15) is 25.6 Å². The molecule has 1 unspecified atom stereocenters. The van der Waals surface area contributed by atoms with Crippen LogP contribution in [0.5, 0.6) is 5.88 Å². The molecular formula is C20H17FN4O2S. The molecule has 2 aromatic carbocycles. The second-order valence-electron chi connectivity index (χ2n) is 6.11. The molecule has 0 aliphatic carbocycles. The van der Waals surface area contributed by atoms with Gasteiger partial charge in [0, 0.05) is 18.1 Å². The van der Waals surface area contributed by atoms with Crippen molar-refractivity contribution in [2.75, 3.05) is 10.7 Å². The lowest BCUT2D eigenvalue weighted by molar-refractivity contribution is -0.118. The molecular weight excluding hydrogens is 379 g/mol. The monoisotopic (exact) mass is 396 g/mol. The van der Waals surface area contributed by atoms with Crippen molar-refractivity contribution in [3.8, 4) is 17.1 Å². The number of aromatic nitrogens is 3. The topological polar surface area (TPSA) is 68.2 Å². The number of hydrogen-bond donors (Lipinski definition) is 0. The van der Waals surface area contributed by atoms with Gasteiger partial charge in [0.2, 0.25) is 23.2 Å². The smallest absolute Gasteiger partial charge is 0.247 e. The number of hydrogen-bond acceptors (Lipinski definition) is 6. The SMILES string of the molecule is CCSc1nnc2c(n1)OC(c1ccc(F)cc1)N(C(C)=O)c1ccccc1-2. The number of carbonyl (C=O) groups is 1. The molecule has 28 heavy (non-hydrogen) atoms. The van der Waals surface area contributed by atoms with Gasteiger partial charge in [-0.3, -0.25) is 9.69 Å². The van der Waals surface area contributed by atoms with Crippen molar-refractivity contribution in [2.24, 2.45) is 0 Å². The van der Waals surface area contributed by atoms with Crippen LogP contribution in [-0.4, -0.2) is 26.8 Å². The molecule has 1 aliphatic rings. The minimum atomic E-state index is -0.809. The van der Waals surface area contributed by atoms with Crippen LogP contribution in [0.3, 0.4) is 0 Å². The summed E-state index contributed by atoms with van der Waals surface area (Å²) in [5.41, 5.74) is 2.43. The molecule has 2 heterocycles. The summed E-state index contributed by atoms with van der Waals surface area (Å²) in [6.07, 6.45) is -0.809. The normalized spacial score (nSPS) is 15.2. The maximum Gasteiger partial charge on any atom is 0.247 e. The van der Waals surface area contributed by atoms with Crippen molar-refractivity contribution in [3.05, 3.63) is 59.9 Å². The maximum atomic E-state index is 13.5. The molecule has 1 aromatic heterocycles. The minimum Gasteiger partial charge on any atom is -0.447 e. The molecule has 8 heteroatoms. The Kier molecular flexibility index (Phi) is 4.95. The molecule has 0 N–H and O–H groups in total. The predicted molar refractivity (Wildman–Crippen MR) is 105 cm³/mol. The maximum absolute atomic E-state index is 13.5. The lowest BCUT2D eigenvalue weighted by Gasteiger charge is -2.29. The van der Waals surface area contributed by atoms with Gasteiger partial charge in [-0.1, -0.05) is 49.0 Å². The fraction of sp³-hybridized carbons (Fsp3) is 0.200. The number of nitrogens with zero attached hydrogens (tertiary/aromatic N) is 4. The molecule has 3 aromatic rings. The van der Waals surface area contributed by atoms with Crippen LogP contribution in [0, 0.1) is 5.82 Å². The van der Waals surface area contributed by atoms with Crippen LogP contribution in [0.4, 0.5) is 10.1 Å². The Hall–Kier alpha value is -3.00. The van der Waals surface area contributed by atoms with Gasteiger partial charge in [0.15, 0.2) is 5.69 Å². The van der Waals surface area contributed by atoms with Gasteiger partial charge in [0.25, 0.3) is 0 Å². The summed E-state index contributed by atoms with van der Waals surface area (Å²) in [5.74, 6) is 0.498. The van der Waals surface area contributed by atoms with E-state index in [0.717, 1.165) is 5.75 Å². The number of halogens is 1. The number of amides is 1. The summed E-state index contributed by atoms with van der Waals surface area (Å²) in [6, 6.07) is 13.2. The van der Waals surface area contributed by atoms with Crippen LogP contribution in [0.2, 0.25) is 0 Å². The van der Waals surface area contributed by atoms with Gasteiger partial charge >= 0.3 is 0 Å². The summed E-state index contributed by atoms with van der Waals surface area (Å²) in [6.45, 7) is 3.46. The number of rotatable bonds is 3. The highest BCUT2D eigenvalue weighted by Crippen LogP contribution is 2.43. The Balaban J connectivity index is 1.93. The van der Waals surface area contributed by atoms with Gasteiger partial charge in [0.05, 0.1) is 5.69 Å². The van der Waals surface area contributed by atoms with Crippen molar-refractivity contribution >= 4 is 23.4 Å². The first-order chi connectivity index (χ1) is 13.6. The molecule has 0 spiro atoms. The summed E-state index contributed by atoms with van der Waals surface area (Å²) in [5, 5.41) is 8.98. The third kappa shape index (κ3) is 3.31. The van der Waals surface area contributed by atoms with Crippen molar-refractivity contribution in [2.45, 2.75) is 25.2 Å². The Bertz CT molecular complexity index is 1030. The number of benzene rings is 2. The van der Waals surface area contributed by atoms with Gasteiger partial charge < -0.3 is 4.74 Å². The van der Waals surface area contributed by atoms with Crippen LogP contribution >= 0.6 is 11.8 Å². The van der Waals surface area contributed by atoms with Gasteiger partial charge in [-0.05, 0) is 24.0 Å². The summed E-state index contributed by atoms with van der Waals surface area (Å²) in [4.78, 5) is 18.6. The van der Waals surface area contributed by atoms with E-state index in [0.29, 0.717) is 27.7 Å². The molecule has 142 valence electrons. The number of ether oxygens (including phenoxy) is 1. The highest BCUT2D eigenvalue weighted by molar-refractivity contribution is 7.99. The van der Waals surface area contributed by atoms with E-state index < -0.39 is 6.23 Å². The molecule has 1 atom stereocenters. The standard InChI is InChI=1S/C20H17FN4O2S/c1-3-28-20-22-18-17(23-24-20)15-6-4-5-7-16(15)25(12(2)26)19(27-18)13-8-10-14(21)11-9-13/h4-11,19H,3H2,1-2H3. The molecule has 1 amide bonds. The van der Waals surface area contributed by atoms with Gasteiger partial charge in [0.1, 0.15) is 5.82 Å². The van der Waals surface area contributed by atoms with Gasteiger partial charge in [-0.25, -0.2) is 4.39 Å². The van der Waals surface area contributed by atoms with E-state index in [1.54, 1.807) is 12.1 Å². The van der Waals surface area contributed by atoms with E-state index in [1.165, 1.54) is 35.7 Å². The zero-order chi connectivity index (χ0) is 19.7. The third-order valence-corrected chi connectivity index (χ3v) is 5.00. The van der Waals surface area contributed by atoms with E-state index in [1.807, 2.05) is 31.2 Å². The average Bonchev–Trinajstić information content (AvgIpc) is 2.83. The third-order valence-electron chi connectivity index (χ3n) is 4.28. The van der Waals surface area contributed by atoms with Crippen molar-refractivity contribution in [3.63, 3.8) is 0 Å². The number of para-hydroxylation sites is 1. The fourth-order valence-corrected chi connectivity index (χ4v) is 3.59. The molecule has 0 saturated heterocycles. The quantitative estimate of drug-likeness (QED) is 0.617.